The Morgan fingerprint density at radius 2 is 1.44 bits per heavy atom. The van der Waals surface area contributed by atoms with E-state index in [0.717, 1.165) is 5.56 Å². The predicted molar refractivity (Wildman–Crippen MR) is 139 cm³/mol. The highest BCUT2D eigenvalue weighted by Gasteiger charge is 2.14. The summed E-state index contributed by atoms with van der Waals surface area (Å²) >= 11 is 0. The Morgan fingerprint density at radius 1 is 0.806 bits per heavy atom. The molecule has 3 aromatic carbocycles. The largest absolute Gasteiger partial charge is 0.495 e. The van der Waals surface area contributed by atoms with Gasteiger partial charge in [-0.15, -0.1) is 0 Å². The van der Waals surface area contributed by atoms with Gasteiger partial charge in [0.15, 0.2) is 11.5 Å². The summed E-state index contributed by atoms with van der Waals surface area (Å²) < 4.78 is 21.6. The quantitative estimate of drug-likeness (QED) is 0.174. The van der Waals surface area contributed by atoms with Gasteiger partial charge in [0.2, 0.25) is 11.7 Å². The van der Waals surface area contributed by atoms with Crippen LogP contribution in [0, 0.1) is 10.1 Å². The normalized spacial score (nSPS) is 10.9. The molecule has 0 aliphatic heterocycles. The third-order valence-corrected chi connectivity index (χ3v) is 5.22. The van der Waals surface area contributed by atoms with Crippen molar-refractivity contribution in [2.45, 2.75) is 0 Å². The zero-order chi connectivity index (χ0) is 26.1. The fraction of sp³-hybridized carbons (Fsp3) is 0.148. The SMILES string of the molecule is COc1cccc(/C=C/c2cc(OC)c(OC)c(OC)c2)c1NC(=O)/C=C/c1ccccc1[N+](=O)[O-]. The van der Waals surface area contributed by atoms with E-state index < -0.39 is 10.8 Å². The second kappa shape index (κ2) is 12.1. The van der Waals surface area contributed by atoms with Crippen LogP contribution in [-0.4, -0.2) is 39.3 Å². The van der Waals surface area contributed by atoms with Crippen molar-refractivity contribution in [3.05, 3.63) is 87.5 Å². The number of benzene rings is 3. The van der Waals surface area contributed by atoms with Crippen molar-refractivity contribution in [2.75, 3.05) is 33.8 Å². The molecule has 0 bridgehead atoms. The van der Waals surface area contributed by atoms with Crippen molar-refractivity contribution in [1.29, 1.82) is 0 Å². The van der Waals surface area contributed by atoms with Crippen molar-refractivity contribution < 1.29 is 28.7 Å². The predicted octanol–water partition coefficient (Wildman–Crippen LogP) is 5.45. The van der Waals surface area contributed by atoms with Gasteiger partial charge in [0.25, 0.3) is 5.69 Å². The van der Waals surface area contributed by atoms with Gasteiger partial charge in [-0.05, 0) is 35.9 Å². The van der Waals surface area contributed by atoms with Crippen molar-refractivity contribution >= 4 is 35.5 Å². The lowest BCUT2D eigenvalue weighted by Crippen LogP contribution is -2.10. The molecule has 1 amide bonds. The molecule has 0 fully saturated rings. The van der Waals surface area contributed by atoms with Crippen LogP contribution < -0.4 is 24.3 Å². The summed E-state index contributed by atoms with van der Waals surface area (Å²) in [5.41, 5.74) is 2.13. The van der Waals surface area contributed by atoms with E-state index in [2.05, 4.69) is 5.32 Å². The van der Waals surface area contributed by atoms with Gasteiger partial charge in [-0.2, -0.15) is 0 Å². The van der Waals surface area contributed by atoms with E-state index in [4.69, 9.17) is 18.9 Å². The van der Waals surface area contributed by atoms with E-state index in [-0.39, 0.29) is 5.69 Å². The number of rotatable bonds is 10. The third-order valence-electron chi connectivity index (χ3n) is 5.22. The van der Waals surface area contributed by atoms with Crippen LogP contribution >= 0.6 is 0 Å². The number of hydrogen-bond donors (Lipinski definition) is 1. The van der Waals surface area contributed by atoms with Gasteiger partial charge < -0.3 is 24.3 Å². The van der Waals surface area contributed by atoms with Gasteiger partial charge >= 0.3 is 0 Å². The monoisotopic (exact) mass is 490 g/mol. The average molecular weight is 491 g/mol. The molecule has 0 saturated heterocycles. The van der Waals surface area contributed by atoms with E-state index in [1.54, 1.807) is 42.5 Å². The zero-order valence-electron chi connectivity index (χ0n) is 20.3. The van der Waals surface area contributed by atoms with Crippen LogP contribution in [0.1, 0.15) is 16.7 Å². The number of carbonyl (C=O) groups excluding carboxylic acids is 1. The number of amides is 1. The van der Waals surface area contributed by atoms with Crippen LogP contribution in [0.5, 0.6) is 23.0 Å². The molecule has 186 valence electrons. The maximum absolute atomic E-state index is 12.7. The molecule has 36 heavy (non-hydrogen) atoms. The van der Waals surface area contributed by atoms with Crippen molar-refractivity contribution in [3.63, 3.8) is 0 Å². The lowest BCUT2D eigenvalue weighted by atomic mass is 10.1. The molecule has 1 N–H and O–H groups in total. The van der Waals surface area contributed by atoms with Crippen LogP contribution in [0.3, 0.4) is 0 Å². The second-order valence-corrected chi connectivity index (χ2v) is 7.36. The molecule has 3 aromatic rings. The third kappa shape index (κ3) is 6.01. The van der Waals surface area contributed by atoms with Crippen molar-refractivity contribution in [1.82, 2.24) is 0 Å². The molecule has 0 aliphatic rings. The molecule has 0 radical (unpaired) electrons. The minimum atomic E-state index is -0.496. The number of carbonyl (C=O) groups is 1. The molecule has 0 heterocycles. The number of nitrogens with one attached hydrogen (secondary N) is 1. The van der Waals surface area contributed by atoms with Crippen molar-refractivity contribution in [3.8, 4) is 23.0 Å². The summed E-state index contributed by atoms with van der Waals surface area (Å²) in [7, 11) is 6.11. The first-order valence-corrected chi connectivity index (χ1v) is 10.8. The lowest BCUT2D eigenvalue weighted by Gasteiger charge is -2.13. The lowest BCUT2D eigenvalue weighted by molar-refractivity contribution is -0.385. The molecule has 0 unspecified atom stereocenters. The summed E-state index contributed by atoms with van der Waals surface area (Å²) in [4.78, 5) is 23.4. The smallest absolute Gasteiger partial charge is 0.276 e. The Hall–Kier alpha value is -4.79. The summed E-state index contributed by atoms with van der Waals surface area (Å²) in [6.07, 6.45) is 6.28. The van der Waals surface area contributed by atoms with E-state index >= 15 is 0 Å². The first-order valence-electron chi connectivity index (χ1n) is 10.8. The molecular formula is C27H26N2O7. The van der Waals surface area contributed by atoms with Crippen LogP contribution in [0.4, 0.5) is 11.4 Å². The highest BCUT2D eigenvalue weighted by molar-refractivity contribution is 6.04. The van der Waals surface area contributed by atoms with Gasteiger partial charge in [0.05, 0.1) is 44.6 Å². The van der Waals surface area contributed by atoms with Gasteiger partial charge in [0.1, 0.15) is 5.75 Å². The van der Waals surface area contributed by atoms with Gasteiger partial charge in [0, 0.05) is 17.7 Å². The number of para-hydroxylation sites is 2. The number of hydrogen-bond acceptors (Lipinski definition) is 7. The van der Waals surface area contributed by atoms with Gasteiger partial charge in [-0.1, -0.05) is 36.4 Å². The Morgan fingerprint density at radius 3 is 2.06 bits per heavy atom. The number of ether oxygens (including phenoxy) is 4. The molecule has 0 atom stereocenters. The number of nitro benzene ring substituents is 1. The molecule has 0 saturated carbocycles. The molecule has 9 nitrogen and oxygen atoms in total. The molecular weight excluding hydrogens is 464 g/mol. The van der Waals surface area contributed by atoms with Crippen LogP contribution in [0.15, 0.2) is 60.7 Å². The minimum Gasteiger partial charge on any atom is -0.495 e. The molecule has 0 spiro atoms. The summed E-state index contributed by atoms with van der Waals surface area (Å²) in [5.74, 6) is 1.48. The molecule has 3 rings (SSSR count). The van der Waals surface area contributed by atoms with Gasteiger partial charge in [-0.3, -0.25) is 14.9 Å². The van der Waals surface area contributed by atoms with Crippen LogP contribution in [0.25, 0.3) is 18.2 Å². The average Bonchev–Trinajstić information content (AvgIpc) is 2.90. The Balaban J connectivity index is 1.91. The Bertz CT molecular complexity index is 1290. The summed E-state index contributed by atoms with van der Waals surface area (Å²) in [5, 5.41) is 14.0. The standard InChI is InChI=1S/C27H26N2O7/c1-33-22-11-7-9-20(13-12-18-16-23(34-2)27(36-4)24(17-18)35-3)26(22)28-25(30)15-14-19-8-5-6-10-21(19)29(31)32/h5-17H,1-4H3,(H,28,30)/b13-12+,15-14+. The van der Waals surface area contributed by atoms with E-state index in [0.29, 0.717) is 39.8 Å². The first-order chi connectivity index (χ1) is 17.4. The fourth-order valence-corrected chi connectivity index (χ4v) is 3.50. The Kier molecular flexibility index (Phi) is 8.66. The van der Waals surface area contributed by atoms with Gasteiger partial charge in [-0.25, -0.2) is 0 Å². The summed E-state index contributed by atoms with van der Waals surface area (Å²) in [6, 6.07) is 15.1. The van der Waals surface area contributed by atoms with E-state index in [9.17, 15) is 14.9 Å². The topological polar surface area (TPSA) is 109 Å². The van der Waals surface area contributed by atoms with E-state index in [1.807, 2.05) is 18.2 Å². The number of nitro groups is 1. The minimum absolute atomic E-state index is 0.0900. The highest BCUT2D eigenvalue weighted by Crippen LogP contribution is 2.39. The molecule has 0 aliphatic carbocycles. The number of nitrogens with zero attached hydrogens (tertiary/aromatic N) is 1. The second-order valence-electron chi connectivity index (χ2n) is 7.36. The van der Waals surface area contributed by atoms with E-state index in [1.165, 1.54) is 46.7 Å². The zero-order valence-corrected chi connectivity index (χ0v) is 20.3. The maximum atomic E-state index is 12.7. The molecule has 0 aromatic heterocycles. The fourth-order valence-electron chi connectivity index (χ4n) is 3.50. The van der Waals surface area contributed by atoms with Crippen LogP contribution in [0.2, 0.25) is 0 Å². The Labute approximate surface area is 208 Å². The summed E-state index contributed by atoms with van der Waals surface area (Å²) in [6.45, 7) is 0. The first kappa shape index (κ1) is 25.8. The number of methoxy groups -OCH3 is 4. The van der Waals surface area contributed by atoms with Crippen molar-refractivity contribution in [2.24, 2.45) is 0 Å². The highest BCUT2D eigenvalue weighted by atomic mass is 16.6. The molecule has 9 heteroatoms. The van der Waals surface area contributed by atoms with Crippen LogP contribution in [-0.2, 0) is 4.79 Å². The maximum Gasteiger partial charge on any atom is 0.276 e. The number of anilines is 1.